The van der Waals surface area contributed by atoms with E-state index in [0.717, 1.165) is 18.2 Å². The molecule has 3 rings (SSSR count). The lowest BCUT2D eigenvalue weighted by Gasteiger charge is -2.24. The number of halogens is 4. The molecule has 30 heavy (non-hydrogen) atoms. The van der Waals surface area contributed by atoms with E-state index in [9.17, 15) is 30.0 Å². The molecule has 5 nitrogen and oxygen atoms in total. The fraction of sp³-hybridized carbons (Fsp3) is 0.368. The quantitative estimate of drug-likeness (QED) is 0.636. The lowest BCUT2D eigenvalue weighted by atomic mass is 9.97. The van der Waals surface area contributed by atoms with Crippen molar-refractivity contribution < 1.29 is 30.0 Å². The van der Waals surface area contributed by atoms with Crippen LogP contribution in [0.1, 0.15) is 36.1 Å². The molecular formula is C19H19ClF3NO4S2. The summed E-state index contributed by atoms with van der Waals surface area (Å²) in [4.78, 5) is -0.402. The molecule has 2 aromatic carbocycles. The van der Waals surface area contributed by atoms with Crippen LogP contribution >= 0.6 is 11.6 Å². The van der Waals surface area contributed by atoms with Crippen LogP contribution in [0, 0.1) is 0 Å². The maximum Gasteiger partial charge on any atom is 0.416 e. The molecule has 0 spiro atoms. The van der Waals surface area contributed by atoms with Crippen LogP contribution in [-0.2, 0) is 32.5 Å². The fourth-order valence-corrected chi connectivity index (χ4v) is 6.17. The van der Waals surface area contributed by atoms with Crippen molar-refractivity contribution >= 4 is 32.1 Å². The van der Waals surface area contributed by atoms with Crippen molar-refractivity contribution in [3.63, 3.8) is 0 Å². The molecule has 0 saturated carbocycles. The Morgan fingerprint density at radius 2 is 1.90 bits per heavy atom. The maximum absolute atomic E-state index is 13.2. The lowest BCUT2D eigenvalue weighted by molar-refractivity contribution is -0.137. The van der Waals surface area contributed by atoms with Gasteiger partial charge in [-0.05, 0) is 54.8 Å². The summed E-state index contributed by atoms with van der Waals surface area (Å²) in [6, 6.07) is 7.93. The zero-order chi connectivity index (χ0) is 22.3. The van der Waals surface area contributed by atoms with Gasteiger partial charge in [-0.1, -0.05) is 23.7 Å². The SMILES string of the molecule is CC1(S(=O)(=O)c2cccc(C(F)(F)F)c2)CNC(c2ccc(Cl)cc2C[SH](=O)=O)C1. The second-order valence-corrected chi connectivity index (χ2v) is 11.3. The summed E-state index contributed by atoms with van der Waals surface area (Å²) in [5.41, 5.74) is 0.0207. The fourth-order valence-electron chi connectivity index (χ4n) is 3.65. The third-order valence-corrected chi connectivity index (χ3v) is 8.58. The Kier molecular flexibility index (Phi) is 6.26. The molecule has 164 valence electrons. The molecule has 1 heterocycles. The third kappa shape index (κ3) is 4.51. The van der Waals surface area contributed by atoms with Crippen LogP contribution in [0.3, 0.4) is 0 Å². The summed E-state index contributed by atoms with van der Waals surface area (Å²) in [6.45, 7) is 1.47. The topological polar surface area (TPSA) is 80.3 Å². The van der Waals surface area contributed by atoms with E-state index in [1.165, 1.54) is 13.0 Å². The minimum Gasteiger partial charge on any atom is -0.308 e. The maximum atomic E-state index is 13.2. The van der Waals surface area contributed by atoms with Crippen molar-refractivity contribution in [1.29, 1.82) is 0 Å². The predicted molar refractivity (Wildman–Crippen MR) is 108 cm³/mol. The van der Waals surface area contributed by atoms with Gasteiger partial charge in [0.1, 0.15) is 10.7 Å². The van der Waals surface area contributed by atoms with E-state index in [4.69, 9.17) is 11.6 Å². The zero-order valence-corrected chi connectivity index (χ0v) is 18.2. The average Bonchev–Trinajstić information content (AvgIpc) is 3.04. The molecule has 1 saturated heterocycles. The molecular weight excluding hydrogens is 463 g/mol. The van der Waals surface area contributed by atoms with Gasteiger partial charge in [0.2, 0.25) is 0 Å². The Morgan fingerprint density at radius 3 is 2.53 bits per heavy atom. The number of hydrogen-bond donors (Lipinski definition) is 2. The Hall–Kier alpha value is -1.62. The Labute approximate surface area is 179 Å². The summed E-state index contributed by atoms with van der Waals surface area (Å²) in [5, 5.41) is 3.43. The van der Waals surface area contributed by atoms with Crippen LogP contribution in [-0.4, -0.2) is 28.1 Å². The van der Waals surface area contributed by atoms with Gasteiger partial charge in [-0.25, -0.2) is 16.8 Å². The molecule has 1 aliphatic heterocycles. The van der Waals surface area contributed by atoms with Gasteiger partial charge < -0.3 is 5.32 Å². The molecule has 2 atom stereocenters. The predicted octanol–water partition coefficient (Wildman–Crippen LogP) is 3.74. The number of benzene rings is 2. The molecule has 1 N–H and O–H groups in total. The highest BCUT2D eigenvalue weighted by Crippen LogP contribution is 2.41. The summed E-state index contributed by atoms with van der Waals surface area (Å²) in [5.74, 6) is -0.250. The van der Waals surface area contributed by atoms with Gasteiger partial charge in [-0.2, -0.15) is 13.2 Å². The van der Waals surface area contributed by atoms with E-state index in [-0.39, 0.29) is 18.7 Å². The largest absolute Gasteiger partial charge is 0.416 e. The first kappa shape index (κ1) is 23.1. The van der Waals surface area contributed by atoms with Crippen molar-refractivity contribution in [1.82, 2.24) is 5.32 Å². The van der Waals surface area contributed by atoms with Crippen LogP contribution in [0.5, 0.6) is 0 Å². The van der Waals surface area contributed by atoms with Crippen molar-refractivity contribution in [2.45, 2.75) is 41.0 Å². The van der Waals surface area contributed by atoms with Gasteiger partial charge in [0, 0.05) is 17.6 Å². The van der Waals surface area contributed by atoms with Gasteiger partial charge in [0.05, 0.1) is 21.0 Å². The molecule has 1 aliphatic rings. The van der Waals surface area contributed by atoms with E-state index < -0.39 is 48.0 Å². The number of hydrogen-bond acceptors (Lipinski definition) is 5. The van der Waals surface area contributed by atoms with Gasteiger partial charge in [-0.15, -0.1) is 0 Å². The molecule has 0 aliphatic carbocycles. The highest BCUT2D eigenvalue weighted by atomic mass is 35.5. The number of sulfone groups is 1. The second-order valence-electron chi connectivity index (χ2n) is 7.45. The van der Waals surface area contributed by atoms with E-state index in [0.29, 0.717) is 22.2 Å². The van der Waals surface area contributed by atoms with Crippen LogP contribution in [0.2, 0.25) is 5.02 Å². The number of alkyl halides is 3. The number of thiol groups is 1. The molecule has 2 aromatic rings. The number of nitrogens with one attached hydrogen (secondary N) is 1. The Morgan fingerprint density at radius 1 is 1.20 bits per heavy atom. The van der Waals surface area contributed by atoms with Gasteiger partial charge in [0.25, 0.3) is 0 Å². The first-order chi connectivity index (χ1) is 13.8. The van der Waals surface area contributed by atoms with Crippen molar-refractivity contribution in [3.8, 4) is 0 Å². The Bertz CT molecular complexity index is 1140. The zero-order valence-electron chi connectivity index (χ0n) is 15.7. The van der Waals surface area contributed by atoms with Crippen LogP contribution in [0.15, 0.2) is 47.4 Å². The van der Waals surface area contributed by atoms with E-state index in [1.807, 2.05) is 0 Å². The summed E-state index contributed by atoms with van der Waals surface area (Å²) in [7, 11) is -6.84. The smallest absolute Gasteiger partial charge is 0.308 e. The van der Waals surface area contributed by atoms with Crippen molar-refractivity contribution in [2.75, 3.05) is 6.54 Å². The highest BCUT2D eigenvalue weighted by molar-refractivity contribution is 7.92. The second kappa shape index (κ2) is 8.14. The van der Waals surface area contributed by atoms with Crippen LogP contribution in [0.25, 0.3) is 0 Å². The molecule has 0 aromatic heterocycles. The number of rotatable bonds is 5. The monoisotopic (exact) mass is 481 g/mol. The van der Waals surface area contributed by atoms with Crippen molar-refractivity contribution in [2.24, 2.45) is 0 Å². The lowest BCUT2D eigenvalue weighted by Crippen LogP contribution is -2.37. The molecule has 0 radical (unpaired) electrons. The van der Waals surface area contributed by atoms with Gasteiger partial charge in [-0.3, -0.25) is 0 Å². The molecule has 0 bridgehead atoms. The van der Waals surface area contributed by atoms with E-state index in [1.54, 1.807) is 12.1 Å². The summed E-state index contributed by atoms with van der Waals surface area (Å²) in [6.07, 6.45) is -4.59. The van der Waals surface area contributed by atoms with Gasteiger partial charge in [0.15, 0.2) is 9.84 Å². The Balaban J connectivity index is 1.95. The minimum absolute atomic E-state index is 0.00181. The van der Waals surface area contributed by atoms with Crippen LogP contribution < -0.4 is 5.32 Å². The van der Waals surface area contributed by atoms with E-state index in [2.05, 4.69) is 5.32 Å². The van der Waals surface area contributed by atoms with E-state index >= 15 is 0 Å². The molecule has 11 heteroatoms. The molecule has 0 amide bonds. The third-order valence-electron chi connectivity index (χ3n) is 5.26. The minimum atomic E-state index is -4.66. The average molecular weight is 482 g/mol. The summed E-state index contributed by atoms with van der Waals surface area (Å²) < 4.78 is 86.5. The highest BCUT2D eigenvalue weighted by Gasteiger charge is 2.47. The van der Waals surface area contributed by atoms with Crippen molar-refractivity contribution in [3.05, 3.63) is 64.2 Å². The first-order valence-electron chi connectivity index (χ1n) is 8.89. The van der Waals surface area contributed by atoms with Gasteiger partial charge >= 0.3 is 6.18 Å². The standard InChI is InChI=1S/C19H19ClF3NO4S2/c1-18(30(27,28)15-4-2-3-13(8-15)19(21,22)23)9-17(24-11-18)16-6-5-14(20)7-12(16)10-29(25)26/h2-8,17,24,29H,9-11H2,1H3. The summed E-state index contributed by atoms with van der Waals surface area (Å²) >= 11 is 5.96. The normalized spacial score (nSPS) is 22.5. The van der Waals surface area contributed by atoms with Crippen LogP contribution in [0.4, 0.5) is 13.2 Å². The molecule has 1 fully saturated rings. The molecule has 2 unspecified atom stereocenters. The first-order valence-corrected chi connectivity index (χ1v) is 12.1.